The SMILES string of the molecule is O=C1C2C(=O)N(OS(=O)(=O)c3ccc(OC(F)(F)F)cc3)C(=O)C2C2C[N+](=O)C(OS(=O)(=O)c3ccc(OC(F)(F)F)cc3)C12. The van der Waals surface area contributed by atoms with Gasteiger partial charge in [-0.1, -0.05) is 0 Å². The average molecular weight is 689 g/mol. The third kappa shape index (κ3) is 6.21. The van der Waals surface area contributed by atoms with E-state index in [0.29, 0.717) is 48.5 Å². The van der Waals surface area contributed by atoms with Crippen LogP contribution in [-0.2, 0) is 43.1 Å². The quantitative estimate of drug-likeness (QED) is 0.130. The molecule has 0 radical (unpaired) electrons. The van der Waals surface area contributed by atoms with Crippen LogP contribution in [0.5, 0.6) is 11.5 Å². The van der Waals surface area contributed by atoms with Crippen LogP contribution in [-0.4, -0.2) is 69.8 Å². The van der Waals surface area contributed by atoms with E-state index in [4.69, 9.17) is 4.18 Å². The van der Waals surface area contributed by atoms with Crippen molar-refractivity contribution in [2.75, 3.05) is 6.54 Å². The van der Waals surface area contributed by atoms with E-state index in [0.717, 1.165) is 0 Å². The van der Waals surface area contributed by atoms with E-state index in [9.17, 15) is 62.5 Å². The number of alkyl halides is 6. The van der Waals surface area contributed by atoms with Crippen LogP contribution in [0.25, 0.3) is 0 Å². The molecule has 0 spiro atoms. The number of carbonyl (C=O) groups excluding carboxylic acids is 3. The number of imide groups is 1. The maximum atomic E-state index is 13.2. The first kappa shape index (κ1) is 32.2. The molecule has 0 N–H and O–H groups in total. The molecule has 242 valence electrons. The Balaban J connectivity index is 1.31. The Bertz CT molecular complexity index is 1800. The van der Waals surface area contributed by atoms with Crippen LogP contribution in [0.4, 0.5) is 26.3 Å². The molecular weight excluding hydrogens is 674 g/mol. The number of Topliss-reactive ketones (excluding diaryl/α,β-unsaturated/α-hetero) is 1. The highest BCUT2D eigenvalue weighted by Crippen LogP contribution is 2.50. The standard InChI is InChI=1S/C23H15F6N2O12S2/c24-22(25,26)40-10-1-5-12(6-2-10)44(36,37)42-21-16-14(9-30(21)35)15-17(18(16)32)20(34)31(19(15)33)43-45(38,39)13-7-3-11(4-8-13)41-23(27,28)29/h1-8,14-17,21H,9H2/q+1. The van der Waals surface area contributed by atoms with Crippen molar-refractivity contribution in [1.29, 1.82) is 0 Å². The number of hydroxylamine groups is 2. The number of ketones is 1. The first-order valence-electron chi connectivity index (χ1n) is 12.1. The van der Waals surface area contributed by atoms with Crippen molar-refractivity contribution in [2.24, 2.45) is 23.7 Å². The number of ether oxygens (including phenoxy) is 2. The van der Waals surface area contributed by atoms with Gasteiger partial charge < -0.3 is 9.47 Å². The minimum atomic E-state index is -5.08. The molecule has 2 aromatic rings. The second-order valence-electron chi connectivity index (χ2n) is 9.67. The molecule has 3 aliphatic rings. The summed E-state index contributed by atoms with van der Waals surface area (Å²) >= 11 is 0. The van der Waals surface area contributed by atoms with Crippen molar-refractivity contribution in [3.63, 3.8) is 0 Å². The molecule has 45 heavy (non-hydrogen) atoms. The molecule has 0 bridgehead atoms. The molecule has 5 atom stereocenters. The van der Waals surface area contributed by atoms with Gasteiger partial charge in [-0.3, -0.25) is 14.4 Å². The zero-order valence-electron chi connectivity index (χ0n) is 21.6. The lowest BCUT2D eigenvalue weighted by Gasteiger charge is -2.17. The van der Waals surface area contributed by atoms with Crippen LogP contribution in [0.1, 0.15) is 0 Å². The lowest BCUT2D eigenvalue weighted by atomic mass is 9.90. The molecule has 2 aliphatic heterocycles. The van der Waals surface area contributed by atoms with Gasteiger partial charge in [0.15, 0.2) is 12.3 Å². The highest BCUT2D eigenvalue weighted by Gasteiger charge is 2.73. The molecule has 0 aromatic heterocycles. The van der Waals surface area contributed by atoms with Crippen molar-refractivity contribution in [3.05, 3.63) is 53.4 Å². The fourth-order valence-electron chi connectivity index (χ4n) is 5.23. The highest BCUT2D eigenvalue weighted by molar-refractivity contribution is 7.87. The maximum absolute atomic E-state index is 13.2. The number of hydrogen-bond acceptors (Lipinski definition) is 12. The second-order valence-corrected chi connectivity index (χ2v) is 12.8. The van der Waals surface area contributed by atoms with Crippen LogP contribution in [0.2, 0.25) is 0 Å². The van der Waals surface area contributed by atoms with E-state index in [2.05, 4.69) is 13.8 Å². The van der Waals surface area contributed by atoms with Gasteiger partial charge in [0.05, 0.1) is 21.6 Å². The molecule has 5 rings (SSSR count). The van der Waals surface area contributed by atoms with Crippen molar-refractivity contribution >= 4 is 37.8 Å². The molecular formula is C23H15F6N2O12S2+. The second kappa shape index (κ2) is 10.7. The number of carbonyl (C=O) groups is 3. The Hall–Kier alpha value is -4.15. The fourth-order valence-corrected chi connectivity index (χ4v) is 7.19. The smallest absolute Gasteiger partial charge is 0.406 e. The summed E-state index contributed by atoms with van der Waals surface area (Å²) in [5.41, 5.74) is 0. The highest BCUT2D eigenvalue weighted by atomic mass is 32.2. The summed E-state index contributed by atoms with van der Waals surface area (Å²) in [6.45, 7) is -0.726. The van der Waals surface area contributed by atoms with Gasteiger partial charge in [0, 0.05) is 9.67 Å². The Morgan fingerprint density at radius 1 is 0.711 bits per heavy atom. The number of rotatable bonds is 8. The molecule has 1 saturated carbocycles. The van der Waals surface area contributed by atoms with Crippen LogP contribution < -0.4 is 9.47 Å². The van der Waals surface area contributed by atoms with Gasteiger partial charge in [0.25, 0.3) is 11.8 Å². The van der Waals surface area contributed by atoms with E-state index < -0.39 is 108 Å². The van der Waals surface area contributed by atoms with E-state index in [1.165, 1.54) is 0 Å². The van der Waals surface area contributed by atoms with E-state index >= 15 is 0 Å². The number of amides is 2. The Labute approximate surface area is 247 Å². The van der Waals surface area contributed by atoms with Crippen molar-refractivity contribution in [2.45, 2.75) is 28.7 Å². The number of nitroso groups, excluding NO2 is 1. The van der Waals surface area contributed by atoms with Gasteiger partial charge in [-0.05, 0) is 48.5 Å². The summed E-state index contributed by atoms with van der Waals surface area (Å²) in [5, 5.41) is -0.233. The van der Waals surface area contributed by atoms with E-state index in [-0.39, 0.29) is 9.82 Å². The molecule has 2 amide bonds. The van der Waals surface area contributed by atoms with Gasteiger partial charge >= 0.3 is 39.2 Å². The lowest BCUT2D eigenvalue weighted by Crippen LogP contribution is -2.39. The molecule has 5 unspecified atom stereocenters. The Morgan fingerprint density at radius 3 is 1.64 bits per heavy atom. The zero-order valence-corrected chi connectivity index (χ0v) is 23.2. The normalized spacial score (nSPS) is 25.5. The van der Waals surface area contributed by atoms with Gasteiger partial charge in [0.2, 0.25) is 0 Å². The minimum absolute atomic E-state index is 0.00469. The molecule has 3 fully saturated rings. The first-order chi connectivity index (χ1) is 20.7. The third-order valence-electron chi connectivity index (χ3n) is 6.94. The average Bonchev–Trinajstić information content (AvgIpc) is 3.46. The summed E-state index contributed by atoms with van der Waals surface area (Å²) in [6.07, 6.45) is -12.2. The van der Waals surface area contributed by atoms with Gasteiger partial charge in [0.1, 0.15) is 23.3 Å². The topological polar surface area (TPSA) is 180 Å². The predicted octanol–water partition coefficient (Wildman–Crippen LogP) is 2.04. The van der Waals surface area contributed by atoms with Crippen LogP contribution >= 0.6 is 0 Å². The van der Waals surface area contributed by atoms with Crippen LogP contribution in [0, 0.1) is 28.6 Å². The summed E-state index contributed by atoms with van der Waals surface area (Å²) in [4.78, 5) is 50.5. The van der Waals surface area contributed by atoms with Crippen LogP contribution in [0.3, 0.4) is 0 Å². The van der Waals surface area contributed by atoms with Crippen molar-refractivity contribution in [1.82, 2.24) is 5.06 Å². The van der Waals surface area contributed by atoms with Gasteiger partial charge in [-0.25, -0.2) is 0 Å². The largest absolute Gasteiger partial charge is 0.573 e. The summed E-state index contributed by atoms with van der Waals surface area (Å²) in [6, 6.07) is 5.09. The third-order valence-corrected chi connectivity index (χ3v) is 9.43. The Kier molecular flexibility index (Phi) is 7.69. The number of hydrogen-bond donors (Lipinski definition) is 0. The molecule has 2 aromatic carbocycles. The monoisotopic (exact) mass is 689 g/mol. The first-order valence-corrected chi connectivity index (χ1v) is 14.9. The molecule has 14 nitrogen and oxygen atoms in total. The van der Waals surface area contributed by atoms with Crippen LogP contribution in [0.15, 0.2) is 58.3 Å². The lowest BCUT2D eigenvalue weighted by molar-refractivity contribution is -0.603. The minimum Gasteiger partial charge on any atom is -0.406 e. The summed E-state index contributed by atoms with van der Waals surface area (Å²) < 4.78 is 142. The molecule has 1 aliphatic carbocycles. The Morgan fingerprint density at radius 2 is 1.18 bits per heavy atom. The number of fused-ring (bicyclic) bond motifs is 3. The van der Waals surface area contributed by atoms with Crippen molar-refractivity contribution in [3.8, 4) is 11.5 Å². The van der Waals surface area contributed by atoms with E-state index in [1.807, 2.05) is 0 Å². The summed E-state index contributed by atoms with van der Waals surface area (Å²) in [7, 11) is -9.96. The number of nitrogens with zero attached hydrogens (tertiary/aromatic N) is 2. The van der Waals surface area contributed by atoms with Gasteiger partial charge in [-0.2, -0.15) is 21.0 Å². The molecule has 2 heterocycles. The molecule has 2 saturated heterocycles. The van der Waals surface area contributed by atoms with Crippen molar-refractivity contribution < 1.29 is 80.3 Å². The maximum Gasteiger partial charge on any atom is 0.573 e. The molecule has 22 heteroatoms. The zero-order chi connectivity index (χ0) is 33.3. The van der Waals surface area contributed by atoms with E-state index in [1.54, 1.807) is 0 Å². The fraction of sp³-hybridized carbons (Fsp3) is 0.348. The number of halogens is 6. The van der Waals surface area contributed by atoms with Gasteiger partial charge in [-0.15, -0.1) is 35.7 Å². The number of benzene rings is 2. The predicted molar refractivity (Wildman–Crippen MR) is 126 cm³/mol. The summed E-state index contributed by atoms with van der Waals surface area (Å²) in [5.74, 6) is -12.1.